The van der Waals surface area contributed by atoms with Crippen molar-refractivity contribution < 1.29 is 13.9 Å². The molecule has 140 valence electrons. The van der Waals surface area contributed by atoms with Crippen molar-refractivity contribution in [1.29, 1.82) is 5.41 Å². The maximum absolute atomic E-state index is 15.2. The standard InChI is InChI=1S/C20H30F2N2O/c1-4-5-15(8-6-12(2)3)20(21,22)19(25)17-16-9-7-13(16)10-14(11-23)18(17)24/h10-12,15,19,23,25H,4-9,24H2,1-3H3. The molecule has 5 heteroatoms. The Morgan fingerprint density at radius 1 is 1.28 bits per heavy atom. The molecule has 0 aliphatic heterocycles. The van der Waals surface area contributed by atoms with Gasteiger partial charge in [0.25, 0.3) is 5.92 Å². The van der Waals surface area contributed by atoms with E-state index >= 15 is 8.78 Å². The Hall–Kier alpha value is -1.49. The van der Waals surface area contributed by atoms with Gasteiger partial charge in [0.2, 0.25) is 0 Å². The van der Waals surface area contributed by atoms with Gasteiger partial charge < -0.3 is 16.2 Å². The van der Waals surface area contributed by atoms with Gasteiger partial charge in [0, 0.05) is 28.9 Å². The van der Waals surface area contributed by atoms with Crippen LogP contribution in [0.4, 0.5) is 14.5 Å². The molecule has 1 aliphatic rings. The maximum Gasteiger partial charge on any atom is 0.280 e. The van der Waals surface area contributed by atoms with E-state index in [2.05, 4.69) is 0 Å². The molecule has 1 aromatic carbocycles. The molecule has 25 heavy (non-hydrogen) atoms. The Morgan fingerprint density at radius 3 is 2.44 bits per heavy atom. The van der Waals surface area contributed by atoms with Crippen molar-refractivity contribution in [2.75, 3.05) is 5.73 Å². The topological polar surface area (TPSA) is 70.1 Å². The first-order valence-electron chi connectivity index (χ1n) is 9.24. The minimum Gasteiger partial charge on any atom is -0.398 e. The second kappa shape index (κ2) is 7.81. The second-order valence-corrected chi connectivity index (χ2v) is 7.61. The van der Waals surface area contributed by atoms with E-state index < -0.39 is 17.9 Å². The van der Waals surface area contributed by atoms with Gasteiger partial charge in [0.15, 0.2) is 0 Å². The number of nitrogen functional groups attached to an aromatic ring is 1. The van der Waals surface area contributed by atoms with Gasteiger partial charge in [-0.15, -0.1) is 0 Å². The van der Waals surface area contributed by atoms with Crippen LogP contribution in [0.3, 0.4) is 0 Å². The van der Waals surface area contributed by atoms with Crippen LogP contribution in [0.2, 0.25) is 0 Å². The van der Waals surface area contributed by atoms with Gasteiger partial charge in [-0.25, -0.2) is 8.78 Å². The third kappa shape index (κ3) is 3.86. The summed E-state index contributed by atoms with van der Waals surface area (Å²) in [6, 6.07) is 1.78. The third-order valence-electron chi connectivity index (χ3n) is 5.36. The number of benzene rings is 1. The molecule has 0 amide bonds. The second-order valence-electron chi connectivity index (χ2n) is 7.61. The van der Waals surface area contributed by atoms with E-state index in [0.29, 0.717) is 43.6 Å². The predicted molar refractivity (Wildman–Crippen MR) is 98.5 cm³/mol. The Kier molecular flexibility index (Phi) is 6.20. The van der Waals surface area contributed by atoms with Crippen LogP contribution in [0, 0.1) is 17.2 Å². The van der Waals surface area contributed by atoms with E-state index in [1.807, 2.05) is 20.8 Å². The highest BCUT2D eigenvalue weighted by Gasteiger charge is 2.48. The number of fused-ring (bicyclic) bond motifs is 1. The molecule has 0 spiro atoms. The lowest BCUT2D eigenvalue weighted by molar-refractivity contribution is -0.155. The highest BCUT2D eigenvalue weighted by Crippen LogP contribution is 2.47. The maximum atomic E-state index is 15.2. The molecule has 3 nitrogen and oxygen atoms in total. The Balaban J connectivity index is 2.38. The monoisotopic (exact) mass is 352 g/mol. The van der Waals surface area contributed by atoms with E-state index in [9.17, 15) is 5.11 Å². The van der Waals surface area contributed by atoms with Crippen LogP contribution in [-0.4, -0.2) is 17.2 Å². The molecule has 2 rings (SSSR count). The Morgan fingerprint density at radius 2 is 1.96 bits per heavy atom. The number of aliphatic hydroxyl groups excluding tert-OH is 1. The van der Waals surface area contributed by atoms with Crippen LogP contribution in [-0.2, 0) is 12.8 Å². The normalized spacial score (nSPS) is 16.3. The molecular formula is C20H30F2N2O. The molecule has 0 aromatic heterocycles. The molecule has 4 N–H and O–H groups in total. The molecule has 2 atom stereocenters. The van der Waals surface area contributed by atoms with E-state index in [1.54, 1.807) is 6.07 Å². The first-order chi connectivity index (χ1) is 11.7. The predicted octanol–water partition coefficient (Wildman–Crippen LogP) is 4.89. The number of nitrogens with one attached hydrogen (secondary N) is 1. The fourth-order valence-electron chi connectivity index (χ4n) is 3.70. The molecular weight excluding hydrogens is 322 g/mol. The number of nitrogens with two attached hydrogens (primary N) is 1. The van der Waals surface area contributed by atoms with Crippen molar-refractivity contribution >= 4 is 11.9 Å². The molecule has 0 radical (unpaired) electrons. The molecule has 0 saturated heterocycles. The van der Waals surface area contributed by atoms with Gasteiger partial charge in [-0.05, 0) is 48.8 Å². The van der Waals surface area contributed by atoms with Gasteiger partial charge in [0.1, 0.15) is 6.10 Å². The molecule has 0 bridgehead atoms. The first kappa shape index (κ1) is 19.8. The Labute approximate surface area is 149 Å². The fourth-order valence-corrected chi connectivity index (χ4v) is 3.70. The van der Waals surface area contributed by atoms with Gasteiger partial charge >= 0.3 is 0 Å². The first-order valence-corrected chi connectivity index (χ1v) is 9.24. The smallest absolute Gasteiger partial charge is 0.280 e. The molecule has 2 unspecified atom stereocenters. The summed E-state index contributed by atoms with van der Waals surface area (Å²) < 4.78 is 30.4. The van der Waals surface area contributed by atoms with Crippen LogP contribution < -0.4 is 5.73 Å². The molecule has 1 aromatic rings. The van der Waals surface area contributed by atoms with Gasteiger partial charge in [-0.1, -0.05) is 33.6 Å². The summed E-state index contributed by atoms with van der Waals surface area (Å²) >= 11 is 0. The number of aryl methyl sites for hydroxylation is 1. The number of hydrogen-bond acceptors (Lipinski definition) is 3. The molecule has 0 saturated carbocycles. The van der Waals surface area contributed by atoms with Crippen LogP contribution >= 0.6 is 0 Å². The number of aliphatic hydroxyl groups is 1. The third-order valence-corrected chi connectivity index (χ3v) is 5.36. The Bertz CT molecular complexity index is 629. The molecule has 0 heterocycles. The zero-order chi connectivity index (χ0) is 18.8. The van der Waals surface area contributed by atoms with Gasteiger partial charge in [-0.3, -0.25) is 0 Å². The summed E-state index contributed by atoms with van der Waals surface area (Å²) in [5.74, 6) is -3.75. The lowest BCUT2D eigenvalue weighted by Gasteiger charge is -2.35. The summed E-state index contributed by atoms with van der Waals surface area (Å²) in [5.41, 5.74) is 8.40. The summed E-state index contributed by atoms with van der Waals surface area (Å²) in [6.45, 7) is 5.93. The van der Waals surface area contributed by atoms with Crippen LogP contribution in [0.15, 0.2) is 6.07 Å². The van der Waals surface area contributed by atoms with E-state index in [0.717, 1.165) is 23.8 Å². The number of rotatable bonds is 9. The summed E-state index contributed by atoms with van der Waals surface area (Å²) in [7, 11) is 0. The van der Waals surface area contributed by atoms with Crippen molar-refractivity contribution in [1.82, 2.24) is 0 Å². The summed E-state index contributed by atoms with van der Waals surface area (Å²) in [5, 5.41) is 18.1. The molecule has 1 aliphatic carbocycles. The van der Waals surface area contributed by atoms with Crippen LogP contribution in [0.1, 0.15) is 74.8 Å². The van der Waals surface area contributed by atoms with E-state index in [4.69, 9.17) is 11.1 Å². The van der Waals surface area contributed by atoms with Crippen molar-refractivity contribution in [2.24, 2.45) is 11.8 Å². The summed E-state index contributed by atoms with van der Waals surface area (Å²) in [6.07, 6.45) is 2.74. The zero-order valence-electron chi connectivity index (χ0n) is 15.4. The van der Waals surface area contributed by atoms with Gasteiger partial charge in [-0.2, -0.15) is 0 Å². The van der Waals surface area contributed by atoms with E-state index in [1.165, 1.54) is 0 Å². The number of anilines is 1. The number of hydrogen-bond donors (Lipinski definition) is 3. The number of alkyl halides is 2. The average Bonchev–Trinajstić information content (AvgIpc) is 2.53. The van der Waals surface area contributed by atoms with Crippen molar-refractivity contribution in [2.45, 2.75) is 71.3 Å². The highest BCUT2D eigenvalue weighted by molar-refractivity contribution is 5.88. The van der Waals surface area contributed by atoms with Crippen molar-refractivity contribution in [3.05, 3.63) is 28.3 Å². The largest absolute Gasteiger partial charge is 0.398 e. The lowest BCUT2D eigenvalue weighted by atomic mass is 9.77. The molecule has 0 fully saturated rings. The average molecular weight is 352 g/mol. The summed E-state index contributed by atoms with van der Waals surface area (Å²) in [4.78, 5) is 0. The number of halogens is 2. The van der Waals surface area contributed by atoms with E-state index in [-0.39, 0.29) is 11.3 Å². The minimum absolute atomic E-state index is 0.125. The van der Waals surface area contributed by atoms with Crippen LogP contribution in [0.5, 0.6) is 0 Å². The quantitative estimate of drug-likeness (QED) is 0.437. The highest BCUT2D eigenvalue weighted by atomic mass is 19.3. The van der Waals surface area contributed by atoms with Crippen LogP contribution in [0.25, 0.3) is 0 Å². The van der Waals surface area contributed by atoms with Crippen molar-refractivity contribution in [3.8, 4) is 0 Å². The SMILES string of the molecule is CCCC(CCC(C)C)C(F)(F)C(O)c1c(N)c(C=N)cc2c1CC2. The van der Waals surface area contributed by atoms with Gasteiger partial charge in [0.05, 0.1) is 0 Å². The minimum atomic E-state index is -3.23. The zero-order valence-corrected chi connectivity index (χ0v) is 15.4. The lowest BCUT2D eigenvalue weighted by Crippen LogP contribution is -2.37. The fraction of sp³-hybridized carbons (Fsp3) is 0.650. The van der Waals surface area contributed by atoms with Crippen molar-refractivity contribution in [3.63, 3.8) is 0 Å².